The SMILES string of the molecule is Cc1cc(/C=N\NC(=O)CN(c2ccccc2Br)S(C)(=O)=O)c(C)n1-c1ccccc1Br. The molecule has 0 fully saturated rings. The van der Waals surface area contributed by atoms with Gasteiger partial charge in [-0.15, -0.1) is 0 Å². The number of hydrogen-bond donors (Lipinski definition) is 1. The van der Waals surface area contributed by atoms with Gasteiger partial charge in [0.2, 0.25) is 10.0 Å². The lowest BCUT2D eigenvalue weighted by atomic mass is 10.2. The summed E-state index contributed by atoms with van der Waals surface area (Å²) in [6.07, 6.45) is 2.61. The lowest BCUT2D eigenvalue weighted by Gasteiger charge is -2.22. The maximum Gasteiger partial charge on any atom is 0.260 e. The van der Waals surface area contributed by atoms with Crippen molar-refractivity contribution in [3.05, 3.63) is 80.5 Å². The van der Waals surface area contributed by atoms with Gasteiger partial charge >= 0.3 is 0 Å². The van der Waals surface area contributed by atoms with E-state index in [1.54, 1.807) is 30.5 Å². The molecule has 0 aliphatic heterocycles. The zero-order chi connectivity index (χ0) is 23.5. The number of para-hydroxylation sites is 2. The average molecular weight is 582 g/mol. The summed E-state index contributed by atoms with van der Waals surface area (Å²) in [7, 11) is -3.67. The van der Waals surface area contributed by atoms with Gasteiger partial charge in [0.15, 0.2) is 0 Å². The van der Waals surface area contributed by atoms with Gasteiger partial charge in [0.05, 0.1) is 23.8 Å². The Hall–Kier alpha value is -2.43. The number of rotatable bonds is 7. The number of hydrogen-bond acceptors (Lipinski definition) is 4. The molecule has 3 rings (SSSR count). The molecule has 3 aromatic rings. The van der Waals surface area contributed by atoms with E-state index in [0.29, 0.717) is 10.2 Å². The first-order valence-electron chi connectivity index (χ1n) is 9.57. The first-order chi connectivity index (χ1) is 15.1. The molecule has 0 aliphatic carbocycles. The number of sulfonamides is 1. The molecule has 1 amide bonds. The monoisotopic (exact) mass is 580 g/mol. The second-order valence-corrected chi connectivity index (χ2v) is 10.7. The van der Waals surface area contributed by atoms with Crippen LogP contribution in [0.5, 0.6) is 0 Å². The highest BCUT2D eigenvalue weighted by molar-refractivity contribution is 9.11. The molecular weight excluding hydrogens is 560 g/mol. The van der Waals surface area contributed by atoms with Gasteiger partial charge in [0.25, 0.3) is 5.91 Å². The third-order valence-electron chi connectivity index (χ3n) is 4.77. The van der Waals surface area contributed by atoms with Crippen molar-refractivity contribution in [2.45, 2.75) is 13.8 Å². The number of hydrazone groups is 1. The van der Waals surface area contributed by atoms with Crippen LogP contribution in [-0.4, -0.2) is 37.9 Å². The van der Waals surface area contributed by atoms with Crippen LogP contribution in [0, 0.1) is 13.8 Å². The zero-order valence-electron chi connectivity index (χ0n) is 17.7. The van der Waals surface area contributed by atoms with E-state index >= 15 is 0 Å². The Kier molecular flexibility index (Phi) is 7.58. The number of amides is 1. The highest BCUT2D eigenvalue weighted by atomic mass is 79.9. The smallest absolute Gasteiger partial charge is 0.260 e. The second kappa shape index (κ2) is 10.0. The standard InChI is InChI=1S/C22H22Br2N4O3S/c1-15-12-17(16(2)28(15)21-11-7-5-9-19(21)24)13-25-26-22(29)14-27(32(3,30)31)20-10-6-4-8-18(20)23/h4-13H,14H2,1-3H3,(H,26,29)/b25-13-. The summed E-state index contributed by atoms with van der Waals surface area (Å²) in [6, 6.07) is 16.7. The number of nitrogens with one attached hydrogen (secondary N) is 1. The third kappa shape index (κ3) is 5.48. The first-order valence-corrected chi connectivity index (χ1v) is 13.0. The molecule has 2 aromatic carbocycles. The van der Waals surface area contributed by atoms with Crippen LogP contribution < -0.4 is 9.73 Å². The van der Waals surface area contributed by atoms with Crippen LogP contribution in [0.25, 0.3) is 5.69 Å². The van der Waals surface area contributed by atoms with Crippen molar-refractivity contribution in [1.82, 2.24) is 9.99 Å². The van der Waals surface area contributed by atoms with E-state index in [2.05, 4.69) is 47.0 Å². The van der Waals surface area contributed by atoms with Crippen molar-refractivity contribution < 1.29 is 13.2 Å². The Morgan fingerprint density at radius 3 is 2.34 bits per heavy atom. The number of benzene rings is 2. The van der Waals surface area contributed by atoms with Gasteiger partial charge in [0, 0.05) is 25.9 Å². The van der Waals surface area contributed by atoms with Crippen LogP contribution in [-0.2, 0) is 14.8 Å². The fraction of sp³-hybridized carbons (Fsp3) is 0.182. The maximum atomic E-state index is 12.4. The highest BCUT2D eigenvalue weighted by Crippen LogP contribution is 2.28. The van der Waals surface area contributed by atoms with Crippen LogP contribution in [0.2, 0.25) is 0 Å². The molecular formula is C22H22Br2N4O3S. The van der Waals surface area contributed by atoms with Crippen molar-refractivity contribution in [2.24, 2.45) is 5.10 Å². The van der Waals surface area contributed by atoms with Crippen LogP contribution in [0.1, 0.15) is 17.0 Å². The fourth-order valence-electron chi connectivity index (χ4n) is 3.30. The van der Waals surface area contributed by atoms with Crippen LogP contribution in [0.15, 0.2) is 68.6 Å². The molecule has 168 valence electrons. The summed E-state index contributed by atoms with van der Waals surface area (Å²) in [5.74, 6) is -0.554. The summed E-state index contributed by atoms with van der Waals surface area (Å²) < 4.78 is 29.1. The Labute approximate surface area is 204 Å². The minimum Gasteiger partial charge on any atom is -0.317 e. The molecule has 32 heavy (non-hydrogen) atoms. The summed E-state index contributed by atoms with van der Waals surface area (Å²) in [6.45, 7) is 3.56. The molecule has 1 N–H and O–H groups in total. The van der Waals surface area contributed by atoms with E-state index in [-0.39, 0.29) is 0 Å². The molecule has 0 unspecified atom stereocenters. The maximum absolute atomic E-state index is 12.4. The van der Waals surface area contributed by atoms with Crippen molar-refractivity contribution in [3.8, 4) is 5.69 Å². The molecule has 0 saturated carbocycles. The van der Waals surface area contributed by atoms with Gasteiger partial charge in [0.1, 0.15) is 6.54 Å². The molecule has 7 nitrogen and oxygen atoms in total. The number of carbonyl (C=O) groups is 1. The molecule has 0 spiro atoms. The normalized spacial score (nSPS) is 11.7. The van der Waals surface area contributed by atoms with Gasteiger partial charge in [-0.1, -0.05) is 24.3 Å². The molecule has 0 bridgehead atoms. The second-order valence-electron chi connectivity index (χ2n) is 7.13. The summed E-state index contributed by atoms with van der Waals surface area (Å²) in [5.41, 5.74) is 6.61. The minimum atomic E-state index is -3.67. The van der Waals surface area contributed by atoms with Gasteiger partial charge in [-0.2, -0.15) is 5.10 Å². The number of anilines is 1. The Morgan fingerprint density at radius 2 is 1.72 bits per heavy atom. The topological polar surface area (TPSA) is 83.8 Å². The van der Waals surface area contributed by atoms with Crippen molar-refractivity contribution in [1.29, 1.82) is 0 Å². The first kappa shape index (κ1) is 24.2. The molecule has 1 aromatic heterocycles. The van der Waals surface area contributed by atoms with E-state index < -0.39 is 22.5 Å². The van der Waals surface area contributed by atoms with E-state index in [1.807, 2.05) is 44.2 Å². The van der Waals surface area contributed by atoms with Crippen LogP contribution in [0.3, 0.4) is 0 Å². The molecule has 0 radical (unpaired) electrons. The lowest BCUT2D eigenvalue weighted by molar-refractivity contribution is -0.119. The third-order valence-corrected chi connectivity index (χ3v) is 7.23. The van der Waals surface area contributed by atoms with E-state index in [4.69, 9.17) is 0 Å². The van der Waals surface area contributed by atoms with E-state index in [1.165, 1.54) is 0 Å². The van der Waals surface area contributed by atoms with Gasteiger partial charge < -0.3 is 4.57 Å². The molecule has 0 aliphatic rings. The number of aromatic nitrogens is 1. The predicted molar refractivity (Wildman–Crippen MR) is 135 cm³/mol. The molecule has 0 saturated heterocycles. The van der Waals surface area contributed by atoms with Gasteiger partial charge in [-0.25, -0.2) is 13.8 Å². The minimum absolute atomic E-state index is 0.381. The van der Waals surface area contributed by atoms with Crippen molar-refractivity contribution in [2.75, 3.05) is 17.1 Å². The molecule has 0 atom stereocenters. The van der Waals surface area contributed by atoms with E-state index in [0.717, 1.165) is 37.7 Å². The number of aryl methyl sites for hydroxylation is 1. The average Bonchev–Trinajstić information content (AvgIpc) is 3.00. The molecule has 10 heteroatoms. The number of halogens is 2. The Balaban J connectivity index is 1.76. The Bertz CT molecular complexity index is 1290. The van der Waals surface area contributed by atoms with E-state index in [9.17, 15) is 13.2 Å². The predicted octanol–water partition coefficient (Wildman–Crippen LogP) is 4.54. The van der Waals surface area contributed by atoms with Gasteiger partial charge in [-0.3, -0.25) is 9.10 Å². The summed E-state index contributed by atoms with van der Waals surface area (Å²) >= 11 is 6.91. The highest BCUT2D eigenvalue weighted by Gasteiger charge is 2.22. The van der Waals surface area contributed by atoms with Crippen LogP contribution >= 0.6 is 31.9 Å². The van der Waals surface area contributed by atoms with Crippen LogP contribution in [0.4, 0.5) is 5.69 Å². The number of nitrogens with zero attached hydrogens (tertiary/aromatic N) is 3. The van der Waals surface area contributed by atoms with Crippen molar-refractivity contribution in [3.63, 3.8) is 0 Å². The largest absolute Gasteiger partial charge is 0.317 e. The quantitative estimate of drug-likeness (QED) is 0.328. The summed E-state index contributed by atoms with van der Waals surface area (Å²) in [5, 5.41) is 4.04. The zero-order valence-corrected chi connectivity index (χ0v) is 21.7. The Morgan fingerprint density at radius 1 is 1.09 bits per heavy atom. The van der Waals surface area contributed by atoms with Gasteiger partial charge in [-0.05, 0) is 76.0 Å². The number of carbonyl (C=O) groups excluding carboxylic acids is 1. The molecule has 1 heterocycles. The fourth-order valence-corrected chi connectivity index (χ4v) is 5.24. The summed E-state index contributed by atoms with van der Waals surface area (Å²) in [4.78, 5) is 12.4. The lowest BCUT2D eigenvalue weighted by Crippen LogP contribution is -2.39. The van der Waals surface area contributed by atoms with Crippen molar-refractivity contribution >= 4 is 59.7 Å².